The quantitative estimate of drug-likeness (QED) is 0.357. The zero-order chi connectivity index (χ0) is 23.1. The van der Waals surface area contributed by atoms with Crippen LogP contribution in [0.1, 0.15) is 29.1 Å². The molecule has 1 fully saturated rings. The van der Waals surface area contributed by atoms with Gasteiger partial charge in [0.1, 0.15) is 34.3 Å². The molecule has 10 heteroatoms. The first-order chi connectivity index (χ1) is 15.9. The molecule has 33 heavy (non-hydrogen) atoms. The Morgan fingerprint density at radius 1 is 1.21 bits per heavy atom. The number of rotatable bonds is 5. The van der Waals surface area contributed by atoms with Crippen molar-refractivity contribution in [3.05, 3.63) is 75.4 Å². The van der Waals surface area contributed by atoms with Crippen LogP contribution in [0.2, 0.25) is 10.0 Å². The van der Waals surface area contributed by atoms with Crippen LogP contribution < -0.4 is 5.43 Å². The number of nitrogens with one attached hydrogen (secondary N) is 2. The highest BCUT2D eigenvalue weighted by molar-refractivity contribution is 7.18. The molecule has 1 saturated heterocycles. The maximum absolute atomic E-state index is 12.0. The number of nitriles is 1. The lowest BCUT2D eigenvalue weighted by Gasteiger charge is -2.29. The molecule has 0 saturated carbocycles. The van der Waals surface area contributed by atoms with Crippen LogP contribution in [0.15, 0.2) is 59.0 Å². The molecule has 3 heterocycles. The molecule has 0 bridgehead atoms. The molecule has 2 N–H and O–H groups in total. The van der Waals surface area contributed by atoms with Gasteiger partial charge in [-0.1, -0.05) is 35.3 Å². The lowest BCUT2D eigenvalue weighted by atomic mass is 9.99. The summed E-state index contributed by atoms with van der Waals surface area (Å²) >= 11 is 13.9. The monoisotopic (exact) mass is 495 g/mol. The molecule has 0 aliphatic carbocycles. The Morgan fingerprint density at radius 3 is 2.76 bits per heavy atom. The molecule has 0 spiro atoms. The largest absolute Gasteiger partial charge is 0.459 e. The van der Waals surface area contributed by atoms with Gasteiger partial charge in [-0.25, -0.2) is 4.98 Å². The molecule has 1 aliphatic rings. The molecule has 0 radical (unpaired) electrons. The number of carbonyl (C=O) groups excluding carboxylic acids is 1. The zero-order valence-corrected chi connectivity index (χ0v) is 19.2. The summed E-state index contributed by atoms with van der Waals surface area (Å²) in [5.74, 6) is -0.241. The minimum Gasteiger partial charge on any atom is -0.459 e. The highest BCUT2D eigenvalue weighted by Crippen LogP contribution is 2.42. The predicted octanol–water partition coefficient (Wildman–Crippen LogP) is 5.93. The van der Waals surface area contributed by atoms with Crippen molar-refractivity contribution < 1.29 is 9.21 Å². The molecular formula is C23H15Cl2N5O2S. The van der Waals surface area contributed by atoms with E-state index in [1.807, 2.05) is 24.3 Å². The van der Waals surface area contributed by atoms with Crippen LogP contribution in [0.25, 0.3) is 21.5 Å². The number of benzene rings is 2. The van der Waals surface area contributed by atoms with Crippen LogP contribution in [0.3, 0.4) is 0 Å². The van der Waals surface area contributed by atoms with Gasteiger partial charge in [0.2, 0.25) is 5.91 Å². The minimum absolute atomic E-state index is 0.0464. The zero-order valence-electron chi connectivity index (χ0n) is 16.9. The summed E-state index contributed by atoms with van der Waals surface area (Å²) in [6.07, 6.45) is -0.0812. The van der Waals surface area contributed by atoms with Crippen LogP contribution in [0.5, 0.6) is 0 Å². The third-order valence-corrected chi connectivity index (χ3v) is 6.97. The normalized spacial score (nSPS) is 15.5. The summed E-state index contributed by atoms with van der Waals surface area (Å²) in [5.41, 5.74) is 4.06. The third-order valence-electron chi connectivity index (χ3n) is 5.29. The molecule has 5 rings (SSSR count). The topological polar surface area (TPSA) is 106 Å². The molecule has 164 valence electrons. The van der Waals surface area contributed by atoms with Crippen LogP contribution in [-0.4, -0.2) is 21.7 Å². The smallest absolute Gasteiger partial charge is 0.246 e. The van der Waals surface area contributed by atoms with Gasteiger partial charge < -0.3 is 4.42 Å². The van der Waals surface area contributed by atoms with Gasteiger partial charge in [-0.15, -0.1) is 11.3 Å². The van der Waals surface area contributed by atoms with E-state index in [0.717, 1.165) is 10.2 Å². The Bertz CT molecular complexity index is 1410. The number of amidine groups is 1. The number of aromatic nitrogens is 1. The van der Waals surface area contributed by atoms with Gasteiger partial charge in [0.25, 0.3) is 0 Å². The minimum atomic E-state index is -0.810. The van der Waals surface area contributed by atoms with Gasteiger partial charge in [-0.3, -0.25) is 20.6 Å². The SMILES string of the molecule is N#CC(c1nc2ccccc2s1)C(c1ccc(-c2cc(Cl)ccc2Cl)o1)N1NC(=O)CC1=N. The second-order valence-corrected chi connectivity index (χ2v) is 9.33. The van der Waals surface area contributed by atoms with E-state index in [0.29, 0.717) is 32.1 Å². The first kappa shape index (κ1) is 21.5. The molecule has 2 atom stereocenters. The summed E-state index contributed by atoms with van der Waals surface area (Å²) in [4.78, 5) is 16.7. The number of hydrogen-bond donors (Lipinski definition) is 2. The van der Waals surface area contributed by atoms with E-state index in [1.54, 1.807) is 30.3 Å². The first-order valence-corrected chi connectivity index (χ1v) is 11.5. The summed E-state index contributed by atoms with van der Waals surface area (Å²) in [5, 5.41) is 21.4. The molecule has 4 aromatic rings. The molecule has 1 aliphatic heterocycles. The van der Waals surface area contributed by atoms with E-state index in [-0.39, 0.29) is 18.2 Å². The maximum atomic E-state index is 12.0. The van der Waals surface area contributed by atoms with Crippen molar-refractivity contribution in [2.45, 2.75) is 18.4 Å². The molecule has 2 aromatic carbocycles. The highest BCUT2D eigenvalue weighted by atomic mass is 35.5. The lowest BCUT2D eigenvalue weighted by Crippen LogP contribution is -2.41. The van der Waals surface area contributed by atoms with Gasteiger partial charge in [0.05, 0.1) is 27.7 Å². The Hall–Kier alpha value is -3.38. The van der Waals surface area contributed by atoms with Crippen LogP contribution >= 0.6 is 34.5 Å². The molecule has 7 nitrogen and oxygen atoms in total. The summed E-state index contributed by atoms with van der Waals surface area (Å²) in [6.45, 7) is 0. The standard InChI is InChI=1S/C23H15Cl2N5O2S/c24-12-5-6-15(25)13(9-12)17-7-8-18(32-17)22(30-20(27)10-21(31)29-30)14(11-26)23-28-16-3-1-2-4-19(16)33-23/h1-9,14,22,27H,10H2,(H,29,31). The van der Waals surface area contributed by atoms with Crippen molar-refractivity contribution in [3.63, 3.8) is 0 Å². The summed E-state index contributed by atoms with van der Waals surface area (Å²) in [6, 6.07) is 17.6. The third kappa shape index (κ3) is 3.95. The van der Waals surface area contributed by atoms with Gasteiger partial charge >= 0.3 is 0 Å². The Morgan fingerprint density at radius 2 is 2.03 bits per heavy atom. The van der Waals surface area contributed by atoms with E-state index in [1.165, 1.54) is 16.3 Å². The molecule has 1 amide bonds. The van der Waals surface area contributed by atoms with Crippen molar-refractivity contribution in [3.8, 4) is 17.4 Å². The number of nitrogens with zero attached hydrogens (tertiary/aromatic N) is 3. The van der Waals surface area contributed by atoms with Crippen LogP contribution in [0.4, 0.5) is 0 Å². The van der Waals surface area contributed by atoms with E-state index >= 15 is 0 Å². The van der Waals surface area contributed by atoms with E-state index in [2.05, 4.69) is 16.5 Å². The van der Waals surface area contributed by atoms with Crippen LogP contribution in [-0.2, 0) is 4.79 Å². The predicted molar refractivity (Wildman–Crippen MR) is 127 cm³/mol. The number of furan rings is 1. The van der Waals surface area contributed by atoms with Gasteiger partial charge in [-0.05, 0) is 42.5 Å². The Balaban J connectivity index is 1.61. The fraction of sp³-hybridized carbons (Fsp3) is 0.130. The van der Waals surface area contributed by atoms with E-state index in [9.17, 15) is 10.1 Å². The van der Waals surface area contributed by atoms with Gasteiger partial charge in [-0.2, -0.15) is 5.26 Å². The summed E-state index contributed by atoms with van der Waals surface area (Å²) < 4.78 is 7.08. The number of carbonyl (C=O) groups is 1. The number of thiazole rings is 1. The van der Waals surface area contributed by atoms with Crippen molar-refractivity contribution >= 4 is 56.5 Å². The van der Waals surface area contributed by atoms with Crippen molar-refractivity contribution in [2.24, 2.45) is 0 Å². The molecule has 2 aromatic heterocycles. The second kappa shape index (κ2) is 8.52. The van der Waals surface area contributed by atoms with Crippen molar-refractivity contribution in [1.29, 1.82) is 10.7 Å². The molecule has 2 unspecified atom stereocenters. The highest BCUT2D eigenvalue weighted by Gasteiger charge is 2.40. The van der Waals surface area contributed by atoms with Crippen LogP contribution in [0, 0.1) is 16.7 Å². The maximum Gasteiger partial charge on any atom is 0.246 e. The Labute approximate surface area is 202 Å². The number of fused-ring (bicyclic) bond motifs is 1. The lowest BCUT2D eigenvalue weighted by molar-refractivity contribution is -0.121. The number of hydrogen-bond acceptors (Lipinski definition) is 6. The van der Waals surface area contributed by atoms with Gasteiger partial charge in [0, 0.05) is 10.6 Å². The fourth-order valence-electron chi connectivity index (χ4n) is 3.78. The average molecular weight is 496 g/mol. The van der Waals surface area contributed by atoms with E-state index in [4.69, 9.17) is 33.0 Å². The van der Waals surface area contributed by atoms with Gasteiger partial charge in [0.15, 0.2) is 0 Å². The number of halogens is 2. The fourth-order valence-corrected chi connectivity index (χ4v) is 5.21. The Kier molecular flexibility index (Phi) is 5.54. The van der Waals surface area contributed by atoms with Crippen molar-refractivity contribution in [2.75, 3.05) is 0 Å². The number of amides is 1. The number of para-hydroxylation sites is 1. The first-order valence-electron chi connectivity index (χ1n) is 9.91. The second-order valence-electron chi connectivity index (χ2n) is 7.43. The van der Waals surface area contributed by atoms with Crippen molar-refractivity contribution in [1.82, 2.24) is 15.4 Å². The van der Waals surface area contributed by atoms with E-state index < -0.39 is 12.0 Å². The summed E-state index contributed by atoms with van der Waals surface area (Å²) in [7, 11) is 0. The average Bonchev–Trinajstić information content (AvgIpc) is 3.51. The molecular weight excluding hydrogens is 481 g/mol. The number of hydrazine groups is 1.